The average Bonchev–Trinajstić information content (AvgIpc) is 2.61. The van der Waals surface area contributed by atoms with E-state index in [1.807, 2.05) is 5.38 Å². The lowest BCUT2D eigenvalue weighted by Gasteiger charge is -2.05. The van der Waals surface area contributed by atoms with Crippen LogP contribution in [0.2, 0.25) is 0 Å². The molecule has 1 rings (SSSR count). The number of nitrogens with one attached hydrogen (secondary N) is 1. The van der Waals surface area contributed by atoms with Crippen molar-refractivity contribution in [1.82, 2.24) is 0 Å². The summed E-state index contributed by atoms with van der Waals surface area (Å²) in [5.41, 5.74) is 1.23. The first kappa shape index (κ1) is 14.2. The van der Waals surface area contributed by atoms with Crippen molar-refractivity contribution in [2.75, 3.05) is 10.6 Å². The zero-order valence-electron chi connectivity index (χ0n) is 9.19. The number of anilines is 1. The van der Waals surface area contributed by atoms with Gasteiger partial charge >= 0.3 is 0 Å². The van der Waals surface area contributed by atoms with Crippen LogP contribution >= 0.6 is 43.2 Å². The second-order valence-corrected chi connectivity index (χ2v) is 5.82. The molecule has 1 aromatic rings. The third kappa shape index (κ3) is 4.18. The third-order valence-corrected chi connectivity index (χ3v) is 4.70. The molecule has 0 saturated carbocycles. The molecule has 0 aliphatic carbocycles. The van der Waals surface area contributed by atoms with Crippen LogP contribution in [-0.4, -0.2) is 11.2 Å². The lowest BCUT2D eigenvalue weighted by molar-refractivity contribution is -0.113. The smallest absolute Gasteiger partial charge is 0.235 e. The Morgan fingerprint density at radius 3 is 2.88 bits per heavy atom. The molecule has 0 unspecified atom stereocenters. The Labute approximate surface area is 117 Å². The van der Waals surface area contributed by atoms with Crippen molar-refractivity contribution in [2.45, 2.75) is 32.6 Å². The van der Waals surface area contributed by atoms with Gasteiger partial charge in [-0.2, -0.15) is 0 Å². The predicted molar refractivity (Wildman–Crippen MR) is 77.7 cm³/mol. The van der Waals surface area contributed by atoms with E-state index in [0.717, 1.165) is 15.9 Å². The fourth-order valence-corrected chi connectivity index (χ4v) is 3.25. The van der Waals surface area contributed by atoms with E-state index in [4.69, 9.17) is 0 Å². The molecule has 0 bridgehead atoms. The summed E-state index contributed by atoms with van der Waals surface area (Å²) >= 11 is 8.26. The number of unbranched alkanes of at least 4 members (excludes halogenated alkanes) is 2. The molecule has 5 heteroatoms. The third-order valence-electron chi connectivity index (χ3n) is 2.25. The number of halogens is 2. The van der Waals surface area contributed by atoms with Gasteiger partial charge < -0.3 is 5.32 Å². The molecule has 0 atom stereocenters. The second kappa shape index (κ2) is 7.45. The Bertz CT molecular complexity index is 352. The van der Waals surface area contributed by atoms with E-state index in [0.29, 0.717) is 5.33 Å². The number of amides is 1. The number of alkyl halides is 1. The fraction of sp³-hybridized carbons (Fsp3) is 0.545. The minimum atomic E-state index is 0.00564. The van der Waals surface area contributed by atoms with Gasteiger partial charge in [-0.25, -0.2) is 0 Å². The van der Waals surface area contributed by atoms with Crippen LogP contribution < -0.4 is 5.32 Å². The topological polar surface area (TPSA) is 29.1 Å². The summed E-state index contributed by atoms with van der Waals surface area (Å²) in [5.74, 6) is 0.00564. The second-order valence-electron chi connectivity index (χ2n) is 3.53. The van der Waals surface area contributed by atoms with E-state index in [2.05, 4.69) is 44.1 Å². The van der Waals surface area contributed by atoms with E-state index in [1.165, 1.54) is 24.8 Å². The van der Waals surface area contributed by atoms with Crippen molar-refractivity contribution in [2.24, 2.45) is 0 Å². The van der Waals surface area contributed by atoms with Crippen LogP contribution in [0.25, 0.3) is 0 Å². The number of rotatable bonds is 6. The summed E-state index contributed by atoms with van der Waals surface area (Å²) in [4.78, 5) is 11.3. The Morgan fingerprint density at radius 1 is 1.50 bits per heavy atom. The van der Waals surface area contributed by atoms with E-state index in [-0.39, 0.29) is 5.91 Å². The fourth-order valence-electron chi connectivity index (χ4n) is 1.41. The highest BCUT2D eigenvalue weighted by atomic mass is 79.9. The highest BCUT2D eigenvalue weighted by molar-refractivity contribution is 9.10. The number of thiophene rings is 1. The molecule has 2 nitrogen and oxygen atoms in total. The summed E-state index contributed by atoms with van der Waals surface area (Å²) in [5, 5.41) is 6.27. The maximum absolute atomic E-state index is 11.3. The van der Waals surface area contributed by atoms with Gasteiger partial charge in [0.1, 0.15) is 0 Å². The Balaban J connectivity index is 2.65. The lowest BCUT2D eigenvalue weighted by atomic mass is 10.1. The van der Waals surface area contributed by atoms with Crippen LogP contribution in [0.15, 0.2) is 9.85 Å². The van der Waals surface area contributed by atoms with Gasteiger partial charge in [-0.15, -0.1) is 11.3 Å². The molecule has 0 aromatic carbocycles. The van der Waals surface area contributed by atoms with Gasteiger partial charge in [0.2, 0.25) is 5.91 Å². The summed E-state index contributed by atoms with van der Waals surface area (Å²) in [6, 6.07) is 0. The molecule has 90 valence electrons. The first-order chi connectivity index (χ1) is 7.69. The minimum Gasteiger partial charge on any atom is -0.317 e. The molecule has 0 radical (unpaired) electrons. The van der Waals surface area contributed by atoms with E-state index in [1.54, 1.807) is 11.3 Å². The van der Waals surface area contributed by atoms with Crippen molar-refractivity contribution < 1.29 is 4.79 Å². The molecule has 16 heavy (non-hydrogen) atoms. The van der Waals surface area contributed by atoms with Crippen molar-refractivity contribution in [3.05, 3.63) is 15.4 Å². The summed E-state index contributed by atoms with van der Waals surface area (Å²) in [6.07, 6.45) is 4.64. The van der Waals surface area contributed by atoms with Gasteiger partial charge in [-0.05, 0) is 28.8 Å². The Hall–Kier alpha value is 0.130. The summed E-state index contributed by atoms with van der Waals surface area (Å²) < 4.78 is 1.11. The van der Waals surface area contributed by atoms with Crippen molar-refractivity contribution in [3.8, 4) is 0 Å². The zero-order valence-corrected chi connectivity index (χ0v) is 13.2. The minimum absolute atomic E-state index is 0.00564. The number of carbonyl (C=O) groups is 1. The van der Waals surface area contributed by atoms with Gasteiger partial charge in [-0.1, -0.05) is 35.7 Å². The number of carbonyl (C=O) groups excluding carboxylic acids is 1. The number of hydrogen-bond donors (Lipinski definition) is 1. The SMILES string of the molecule is CCCCCc1c(Br)csc1NC(=O)CBr. The quantitative estimate of drug-likeness (QED) is 0.578. The van der Waals surface area contributed by atoms with Crippen LogP contribution in [0, 0.1) is 0 Å². The maximum Gasteiger partial charge on any atom is 0.235 e. The molecule has 0 fully saturated rings. The Kier molecular flexibility index (Phi) is 6.61. The zero-order chi connectivity index (χ0) is 12.0. The van der Waals surface area contributed by atoms with Gasteiger partial charge in [0.25, 0.3) is 0 Å². The van der Waals surface area contributed by atoms with Crippen LogP contribution in [-0.2, 0) is 11.2 Å². The summed E-state index contributed by atoms with van der Waals surface area (Å²) in [6.45, 7) is 2.19. The molecule has 1 aromatic heterocycles. The van der Waals surface area contributed by atoms with Crippen LogP contribution in [0.3, 0.4) is 0 Å². The van der Waals surface area contributed by atoms with Crippen molar-refractivity contribution in [1.29, 1.82) is 0 Å². The molecule has 1 amide bonds. The molecular weight excluding hydrogens is 354 g/mol. The molecule has 1 N–H and O–H groups in total. The molecule has 0 spiro atoms. The highest BCUT2D eigenvalue weighted by Crippen LogP contribution is 2.33. The van der Waals surface area contributed by atoms with Gasteiger partial charge in [0.05, 0.1) is 10.3 Å². The van der Waals surface area contributed by atoms with Gasteiger partial charge in [-0.3, -0.25) is 4.79 Å². The first-order valence-corrected chi connectivity index (χ1v) is 8.10. The maximum atomic E-state index is 11.3. The average molecular weight is 369 g/mol. The monoisotopic (exact) mass is 367 g/mol. The Morgan fingerprint density at radius 2 is 2.25 bits per heavy atom. The van der Waals surface area contributed by atoms with Crippen molar-refractivity contribution >= 4 is 54.1 Å². The van der Waals surface area contributed by atoms with Crippen LogP contribution in [0.1, 0.15) is 31.7 Å². The molecule has 0 aliphatic rings. The molecule has 1 heterocycles. The summed E-state index contributed by atoms with van der Waals surface area (Å²) in [7, 11) is 0. The normalized spacial score (nSPS) is 10.4. The van der Waals surface area contributed by atoms with E-state index < -0.39 is 0 Å². The van der Waals surface area contributed by atoms with Gasteiger partial charge in [0.15, 0.2) is 0 Å². The van der Waals surface area contributed by atoms with Gasteiger partial charge in [0, 0.05) is 15.4 Å². The van der Waals surface area contributed by atoms with E-state index in [9.17, 15) is 4.79 Å². The number of hydrogen-bond acceptors (Lipinski definition) is 2. The molecule has 0 aliphatic heterocycles. The molecule has 0 saturated heterocycles. The lowest BCUT2D eigenvalue weighted by Crippen LogP contribution is -2.12. The van der Waals surface area contributed by atoms with Crippen molar-refractivity contribution in [3.63, 3.8) is 0 Å². The van der Waals surface area contributed by atoms with Crippen LogP contribution in [0.4, 0.5) is 5.00 Å². The van der Waals surface area contributed by atoms with E-state index >= 15 is 0 Å². The largest absolute Gasteiger partial charge is 0.317 e. The first-order valence-electron chi connectivity index (χ1n) is 5.30. The van der Waals surface area contributed by atoms with Crippen LogP contribution in [0.5, 0.6) is 0 Å². The highest BCUT2D eigenvalue weighted by Gasteiger charge is 2.11. The predicted octanol–water partition coefficient (Wildman–Crippen LogP) is 4.58. The standard InChI is InChI=1S/C11H15Br2NOS/c1-2-3-4-5-8-9(13)7-16-11(8)14-10(15)6-12/h7H,2-6H2,1H3,(H,14,15). The molecular formula is C11H15Br2NOS.